The van der Waals surface area contributed by atoms with Crippen molar-refractivity contribution in [2.75, 3.05) is 13.6 Å². The standard InChI is InChI=1S/C13H20N4O3S/c1-4-14-8-12-5-6-13(20-12)21(18,19)17(3)10-11-7-15-16(2)9-11/h5-7,9,14H,4,8,10H2,1-3H3. The van der Waals surface area contributed by atoms with Crippen molar-refractivity contribution in [1.82, 2.24) is 19.4 Å². The van der Waals surface area contributed by atoms with Crippen LogP contribution in [0.4, 0.5) is 0 Å². The first-order valence-electron chi connectivity index (χ1n) is 6.66. The van der Waals surface area contributed by atoms with Gasteiger partial charge >= 0.3 is 0 Å². The minimum absolute atomic E-state index is 0.0400. The molecule has 2 aromatic rings. The molecule has 0 aliphatic rings. The highest BCUT2D eigenvalue weighted by Crippen LogP contribution is 2.19. The van der Waals surface area contributed by atoms with Crippen LogP contribution in [0.2, 0.25) is 0 Å². The van der Waals surface area contributed by atoms with E-state index in [0.29, 0.717) is 12.3 Å². The monoisotopic (exact) mass is 312 g/mol. The highest BCUT2D eigenvalue weighted by atomic mass is 32.2. The maximum Gasteiger partial charge on any atom is 0.276 e. The van der Waals surface area contributed by atoms with Gasteiger partial charge in [-0.3, -0.25) is 4.68 Å². The normalized spacial score (nSPS) is 12.2. The molecule has 0 spiro atoms. The average Bonchev–Trinajstić information content (AvgIpc) is 3.06. The molecule has 116 valence electrons. The molecule has 0 saturated heterocycles. The zero-order chi connectivity index (χ0) is 15.5. The second-order valence-electron chi connectivity index (χ2n) is 4.78. The Kier molecular flexibility index (Phi) is 4.81. The Labute approximate surface area is 124 Å². The summed E-state index contributed by atoms with van der Waals surface area (Å²) >= 11 is 0. The van der Waals surface area contributed by atoms with Crippen molar-refractivity contribution in [1.29, 1.82) is 0 Å². The van der Waals surface area contributed by atoms with Crippen molar-refractivity contribution >= 4 is 10.0 Å². The summed E-state index contributed by atoms with van der Waals surface area (Å²) in [5.74, 6) is 0.602. The fourth-order valence-electron chi connectivity index (χ4n) is 1.89. The smallest absolute Gasteiger partial charge is 0.276 e. The summed E-state index contributed by atoms with van der Waals surface area (Å²) in [6.07, 6.45) is 3.43. The van der Waals surface area contributed by atoms with Crippen molar-refractivity contribution in [2.45, 2.75) is 25.1 Å². The van der Waals surface area contributed by atoms with Gasteiger partial charge in [0.05, 0.1) is 12.7 Å². The van der Waals surface area contributed by atoms with Crippen LogP contribution in [0, 0.1) is 0 Å². The summed E-state index contributed by atoms with van der Waals surface area (Å²) in [4.78, 5) is 0. The van der Waals surface area contributed by atoms with E-state index in [-0.39, 0.29) is 11.6 Å². The number of nitrogens with one attached hydrogen (secondary N) is 1. The Hall–Kier alpha value is -1.64. The maximum absolute atomic E-state index is 12.4. The molecule has 2 heterocycles. The lowest BCUT2D eigenvalue weighted by atomic mass is 10.4. The molecule has 0 bridgehead atoms. The molecule has 0 saturated carbocycles. The number of hydrogen-bond donors (Lipinski definition) is 1. The Balaban J connectivity index is 2.11. The predicted molar refractivity (Wildman–Crippen MR) is 77.9 cm³/mol. The Morgan fingerprint density at radius 3 is 2.81 bits per heavy atom. The van der Waals surface area contributed by atoms with Crippen LogP contribution >= 0.6 is 0 Å². The van der Waals surface area contributed by atoms with Crippen LogP contribution in [0.15, 0.2) is 34.0 Å². The fraction of sp³-hybridized carbons (Fsp3) is 0.462. The molecular weight excluding hydrogens is 292 g/mol. The summed E-state index contributed by atoms with van der Waals surface area (Å²) < 4.78 is 33.1. The van der Waals surface area contributed by atoms with Crippen molar-refractivity contribution in [2.24, 2.45) is 7.05 Å². The summed E-state index contributed by atoms with van der Waals surface area (Å²) in [5, 5.41) is 7.07. The van der Waals surface area contributed by atoms with Crippen LogP contribution in [0.3, 0.4) is 0 Å². The molecule has 0 radical (unpaired) electrons. The third kappa shape index (κ3) is 3.72. The summed E-state index contributed by atoms with van der Waals surface area (Å²) in [7, 11) is -0.318. The van der Waals surface area contributed by atoms with Gasteiger partial charge in [0.15, 0.2) is 0 Å². The molecule has 21 heavy (non-hydrogen) atoms. The predicted octanol–water partition coefficient (Wildman–Crippen LogP) is 0.943. The molecule has 1 N–H and O–H groups in total. The number of sulfonamides is 1. The molecular formula is C13H20N4O3S. The average molecular weight is 312 g/mol. The van der Waals surface area contributed by atoms with Gasteiger partial charge in [-0.1, -0.05) is 6.92 Å². The molecule has 7 nitrogen and oxygen atoms in total. The molecule has 0 amide bonds. The minimum atomic E-state index is -3.63. The van der Waals surface area contributed by atoms with E-state index >= 15 is 0 Å². The van der Waals surface area contributed by atoms with Crippen molar-refractivity contribution in [3.8, 4) is 0 Å². The summed E-state index contributed by atoms with van der Waals surface area (Å²) in [5.41, 5.74) is 0.822. The molecule has 0 fully saturated rings. The zero-order valence-electron chi connectivity index (χ0n) is 12.4. The highest BCUT2D eigenvalue weighted by molar-refractivity contribution is 7.88. The van der Waals surface area contributed by atoms with Gasteiger partial charge in [0.25, 0.3) is 10.0 Å². The number of furan rings is 1. The summed E-state index contributed by atoms with van der Waals surface area (Å²) in [6, 6.07) is 3.16. The third-order valence-corrected chi connectivity index (χ3v) is 4.69. The van der Waals surface area contributed by atoms with E-state index in [1.165, 1.54) is 17.4 Å². The van der Waals surface area contributed by atoms with Crippen molar-refractivity contribution in [3.63, 3.8) is 0 Å². The van der Waals surface area contributed by atoms with Crippen molar-refractivity contribution in [3.05, 3.63) is 35.9 Å². The first-order valence-corrected chi connectivity index (χ1v) is 8.10. The van der Waals surface area contributed by atoms with Gasteiger partial charge in [0.2, 0.25) is 5.09 Å². The topological polar surface area (TPSA) is 80.4 Å². The number of aromatic nitrogens is 2. The molecule has 0 aliphatic carbocycles. The van der Waals surface area contributed by atoms with Crippen LogP contribution < -0.4 is 5.32 Å². The molecule has 0 aromatic carbocycles. The summed E-state index contributed by atoms with van der Waals surface area (Å²) in [6.45, 7) is 3.53. The van der Waals surface area contributed by atoms with Crippen LogP contribution in [0.25, 0.3) is 0 Å². The number of aryl methyl sites for hydroxylation is 1. The van der Waals surface area contributed by atoms with Gasteiger partial charge in [-0.15, -0.1) is 0 Å². The van der Waals surface area contributed by atoms with E-state index in [9.17, 15) is 8.42 Å². The lowest BCUT2D eigenvalue weighted by Gasteiger charge is -2.14. The second-order valence-corrected chi connectivity index (χ2v) is 6.76. The zero-order valence-corrected chi connectivity index (χ0v) is 13.2. The molecule has 0 unspecified atom stereocenters. The fourth-order valence-corrected chi connectivity index (χ4v) is 2.97. The lowest BCUT2D eigenvalue weighted by molar-refractivity contribution is 0.380. The quantitative estimate of drug-likeness (QED) is 0.823. The van der Waals surface area contributed by atoms with E-state index in [0.717, 1.165) is 12.1 Å². The van der Waals surface area contributed by atoms with E-state index in [2.05, 4.69) is 10.4 Å². The van der Waals surface area contributed by atoms with Crippen LogP contribution in [-0.2, 0) is 30.2 Å². The number of rotatable bonds is 7. The van der Waals surface area contributed by atoms with Gasteiger partial charge in [-0.2, -0.15) is 9.40 Å². The largest absolute Gasteiger partial charge is 0.447 e. The molecule has 0 aliphatic heterocycles. The van der Waals surface area contributed by atoms with Crippen LogP contribution in [0.5, 0.6) is 0 Å². The third-order valence-electron chi connectivity index (χ3n) is 3.01. The number of nitrogens with zero attached hydrogens (tertiary/aromatic N) is 3. The SMILES string of the molecule is CCNCc1ccc(S(=O)(=O)N(C)Cc2cnn(C)c2)o1. The minimum Gasteiger partial charge on any atom is -0.447 e. The molecule has 0 atom stereocenters. The maximum atomic E-state index is 12.4. The second kappa shape index (κ2) is 6.42. The first kappa shape index (κ1) is 15.7. The molecule has 2 rings (SSSR count). The van der Waals surface area contributed by atoms with Crippen LogP contribution in [0.1, 0.15) is 18.2 Å². The van der Waals surface area contributed by atoms with Crippen LogP contribution in [-0.4, -0.2) is 36.1 Å². The van der Waals surface area contributed by atoms with Gasteiger partial charge in [-0.25, -0.2) is 8.42 Å². The Bertz CT molecular complexity index is 690. The molecule has 2 aromatic heterocycles. The van der Waals surface area contributed by atoms with Crippen molar-refractivity contribution < 1.29 is 12.8 Å². The van der Waals surface area contributed by atoms with E-state index in [4.69, 9.17) is 4.42 Å². The van der Waals surface area contributed by atoms with E-state index in [1.54, 1.807) is 30.2 Å². The Morgan fingerprint density at radius 2 is 2.19 bits per heavy atom. The van der Waals surface area contributed by atoms with Gasteiger partial charge < -0.3 is 9.73 Å². The first-order chi connectivity index (χ1) is 9.93. The van der Waals surface area contributed by atoms with Gasteiger partial charge in [0, 0.05) is 32.4 Å². The van der Waals surface area contributed by atoms with Gasteiger partial charge in [-0.05, 0) is 18.7 Å². The van der Waals surface area contributed by atoms with E-state index in [1.807, 2.05) is 6.92 Å². The lowest BCUT2D eigenvalue weighted by Crippen LogP contribution is -2.26. The van der Waals surface area contributed by atoms with E-state index < -0.39 is 10.0 Å². The number of hydrogen-bond acceptors (Lipinski definition) is 5. The Morgan fingerprint density at radius 1 is 1.43 bits per heavy atom. The molecule has 8 heteroatoms. The van der Waals surface area contributed by atoms with Gasteiger partial charge in [0.1, 0.15) is 5.76 Å². The highest BCUT2D eigenvalue weighted by Gasteiger charge is 2.25.